The van der Waals surface area contributed by atoms with Crippen LogP contribution in [0.4, 0.5) is 5.69 Å². The number of nitrogens with zero attached hydrogens (tertiary/aromatic N) is 1. The highest BCUT2D eigenvalue weighted by molar-refractivity contribution is 5.97. The third-order valence-electron chi connectivity index (χ3n) is 2.70. The number of anilines is 1. The first-order valence-corrected chi connectivity index (χ1v) is 4.94. The van der Waals surface area contributed by atoms with E-state index in [0.29, 0.717) is 11.3 Å². The van der Waals surface area contributed by atoms with Gasteiger partial charge in [-0.1, -0.05) is 6.07 Å². The minimum atomic E-state index is 0.524. The zero-order valence-corrected chi connectivity index (χ0v) is 9.24. The van der Waals surface area contributed by atoms with Crippen LogP contribution in [-0.4, -0.2) is 7.11 Å². The largest absolute Gasteiger partial charge is 0.497 e. The van der Waals surface area contributed by atoms with Crippen LogP contribution in [0.1, 0.15) is 11.1 Å². The molecule has 0 radical (unpaired) electrons. The first kappa shape index (κ1) is 10.3. The summed E-state index contributed by atoms with van der Waals surface area (Å²) in [5.74, 6) is 0.743. The molecule has 0 atom stereocenters. The minimum absolute atomic E-state index is 0.524. The second-order valence-corrected chi connectivity index (χ2v) is 3.68. The second kappa shape index (κ2) is 3.74. The Labute approximate surface area is 94.1 Å². The molecule has 0 saturated carbocycles. The van der Waals surface area contributed by atoms with Crippen LogP contribution in [0.5, 0.6) is 5.75 Å². The number of benzene rings is 2. The summed E-state index contributed by atoms with van der Waals surface area (Å²) in [5, 5.41) is 10.9. The summed E-state index contributed by atoms with van der Waals surface area (Å²) in [6, 6.07) is 9.77. The zero-order valence-electron chi connectivity index (χ0n) is 9.24. The number of methoxy groups -OCH3 is 1. The van der Waals surface area contributed by atoms with Crippen LogP contribution in [0.15, 0.2) is 24.3 Å². The second-order valence-electron chi connectivity index (χ2n) is 3.68. The molecule has 0 aliphatic heterocycles. The Kier molecular flexibility index (Phi) is 2.41. The standard InChI is InChI=1S/C13H12N2O/c1-8-5-9-3-4-10(16-2)6-11(9)13(15)12(8)7-14/h3-6H,15H2,1-2H3. The molecule has 0 aliphatic carbocycles. The molecule has 2 aromatic rings. The molecule has 0 saturated heterocycles. The van der Waals surface area contributed by atoms with Crippen LogP contribution in [0.3, 0.4) is 0 Å². The molecule has 2 aromatic carbocycles. The average Bonchev–Trinajstić information content (AvgIpc) is 2.29. The Morgan fingerprint density at radius 2 is 2.06 bits per heavy atom. The molecule has 16 heavy (non-hydrogen) atoms. The summed E-state index contributed by atoms with van der Waals surface area (Å²) < 4.78 is 5.14. The van der Waals surface area contributed by atoms with Gasteiger partial charge in [-0.15, -0.1) is 0 Å². The van der Waals surface area contributed by atoms with E-state index in [1.807, 2.05) is 31.2 Å². The molecule has 2 N–H and O–H groups in total. The Balaban J connectivity index is 2.85. The number of aryl methyl sites for hydroxylation is 1. The quantitative estimate of drug-likeness (QED) is 0.739. The lowest BCUT2D eigenvalue weighted by Gasteiger charge is -2.08. The van der Waals surface area contributed by atoms with Gasteiger partial charge in [0, 0.05) is 5.39 Å². The Hall–Kier alpha value is -2.21. The van der Waals surface area contributed by atoms with Crippen LogP contribution in [-0.2, 0) is 0 Å². The number of nitrogens with two attached hydrogens (primary N) is 1. The maximum Gasteiger partial charge on any atom is 0.119 e. The highest BCUT2D eigenvalue weighted by Crippen LogP contribution is 2.30. The number of hydrogen-bond donors (Lipinski definition) is 1. The molecule has 0 heterocycles. The predicted molar refractivity (Wildman–Crippen MR) is 64.4 cm³/mol. The van der Waals surface area contributed by atoms with Crippen molar-refractivity contribution in [1.29, 1.82) is 5.26 Å². The van der Waals surface area contributed by atoms with Crippen molar-refractivity contribution in [3.63, 3.8) is 0 Å². The Morgan fingerprint density at radius 1 is 1.31 bits per heavy atom. The van der Waals surface area contributed by atoms with Crippen molar-refractivity contribution >= 4 is 16.5 Å². The van der Waals surface area contributed by atoms with E-state index in [9.17, 15) is 0 Å². The van der Waals surface area contributed by atoms with Gasteiger partial charge in [-0.05, 0) is 36.1 Å². The van der Waals surface area contributed by atoms with Crippen molar-refractivity contribution < 1.29 is 4.74 Å². The first-order chi connectivity index (χ1) is 7.67. The van der Waals surface area contributed by atoms with Crippen molar-refractivity contribution in [2.24, 2.45) is 0 Å². The van der Waals surface area contributed by atoms with E-state index in [2.05, 4.69) is 6.07 Å². The van der Waals surface area contributed by atoms with E-state index in [1.54, 1.807) is 7.11 Å². The highest BCUT2D eigenvalue weighted by Gasteiger charge is 2.08. The van der Waals surface area contributed by atoms with E-state index >= 15 is 0 Å². The smallest absolute Gasteiger partial charge is 0.119 e. The number of ether oxygens (including phenoxy) is 1. The van der Waals surface area contributed by atoms with Gasteiger partial charge in [0.1, 0.15) is 11.8 Å². The van der Waals surface area contributed by atoms with Gasteiger partial charge in [-0.3, -0.25) is 0 Å². The van der Waals surface area contributed by atoms with Crippen LogP contribution in [0.2, 0.25) is 0 Å². The normalized spacial score (nSPS) is 10.1. The maximum atomic E-state index is 9.02. The van der Waals surface area contributed by atoms with Crippen LogP contribution >= 0.6 is 0 Å². The van der Waals surface area contributed by atoms with Crippen LogP contribution in [0.25, 0.3) is 10.8 Å². The van der Waals surface area contributed by atoms with Crippen molar-refractivity contribution in [2.75, 3.05) is 12.8 Å². The number of nitriles is 1. The molecule has 0 aromatic heterocycles. The fourth-order valence-electron chi connectivity index (χ4n) is 1.82. The van der Waals surface area contributed by atoms with Gasteiger partial charge in [-0.2, -0.15) is 5.26 Å². The number of hydrogen-bond acceptors (Lipinski definition) is 3. The summed E-state index contributed by atoms with van der Waals surface area (Å²) in [4.78, 5) is 0. The molecular formula is C13H12N2O. The van der Waals surface area contributed by atoms with E-state index in [4.69, 9.17) is 15.7 Å². The molecule has 80 valence electrons. The monoisotopic (exact) mass is 212 g/mol. The van der Waals surface area contributed by atoms with E-state index < -0.39 is 0 Å². The summed E-state index contributed by atoms with van der Waals surface area (Å²) in [5.41, 5.74) is 7.94. The summed E-state index contributed by atoms with van der Waals surface area (Å²) in [6.45, 7) is 1.89. The fourth-order valence-corrected chi connectivity index (χ4v) is 1.82. The van der Waals surface area contributed by atoms with Gasteiger partial charge < -0.3 is 10.5 Å². The van der Waals surface area contributed by atoms with Crippen molar-refractivity contribution in [3.05, 3.63) is 35.4 Å². The van der Waals surface area contributed by atoms with E-state index in [-0.39, 0.29) is 0 Å². The fraction of sp³-hybridized carbons (Fsp3) is 0.154. The molecule has 3 heteroatoms. The molecule has 0 amide bonds. The van der Waals surface area contributed by atoms with Gasteiger partial charge in [-0.25, -0.2) is 0 Å². The highest BCUT2D eigenvalue weighted by atomic mass is 16.5. The molecule has 0 bridgehead atoms. The summed E-state index contributed by atoms with van der Waals surface area (Å²) in [6.07, 6.45) is 0. The third kappa shape index (κ3) is 1.45. The lowest BCUT2D eigenvalue weighted by atomic mass is 10.00. The zero-order chi connectivity index (χ0) is 11.7. The van der Waals surface area contributed by atoms with Crippen molar-refractivity contribution in [3.8, 4) is 11.8 Å². The summed E-state index contributed by atoms with van der Waals surface area (Å²) >= 11 is 0. The SMILES string of the molecule is COc1ccc2cc(C)c(C#N)c(N)c2c1. The molecule has 3 nitrogen and oxygen atoms in total. The van der Waals surface area contributed by atoms with Crippen LogP contribution < -0.4 is 10.5 Å². The average molecular weight is 212 g/mol. The topological polar surface area (TPSA) is 59.0 Å². The molecule has 0 spiro atoms. The Bertz CT molecular complexity index is 597. The van der Waals surface area contributed by atoms with Gasteiger partial charge in [0.15, 0.2) is 0 Å². The number of rotatable bonds is 1. The third-order valence-corrected chi connectivity index (χ3v) is 2.70. The lowest BCUT2D eigenvalue weighted by molar-refractivity contribution is 0.415. The predicted octanol–water partition coefficient (Wildman–Crippen LogP) is 2.61. The molecule has 2 rings (SSSR count). The summed E-state index contributed by atoms with van der Waals surface area (Å²) in [7, 11) is 1.61. The van der Waals surface area contributed by atoms with E-state index in [1.165, 1.54) is 0 Å². The Morgan fingerprint density at radius 3 is 2.69 bits per heavy atom. The lowest BCUT2D eigenvalue weighted by Crippen LogP contribution is -1.95. The maximum absolute atomic E-state index is 9.02. The van der Waals surface area contributed by atoms with E-state index in [0.717, 1.165) is 22.1 Å². The van der Waals surface area contributed by atoms with Gasteiger partial charge in [0.25, 0.3) is 0 Å². The number of nitrogen functional groups attached to an aromatic ring is 1. The molecular weight excluding hydrogens is 200 g/mol. The minimum Gasteiger partial charge on any atom is -0.497 e. The van der Waals surface area contributed by atoms with Gasteiger partial charge in [0.2, 0.25) is 0 Å². The van der Waals surface area contributed by atoms with Crippen LogP contribution in [0, 0.1) is 18.3 Å². The number of fused-ring (bicyclic) bond motifs is 1. The molecule has 0 fully saturated rings. The molecule has 0 unspecified atom stereocenters. The van der Waals surface area contributed by atoms with Crippen molar-refractivity contribution in [2.45, 2.75) is 6.92 Å². The van der Waals surface area contributed by atoms with Crippen molar-refractivity contribution in [1.82, 2.24) is 0 Å². The molecule has 0 aliphatic rings. The van der Waals surface area contributed by atoms with Gasteiger partial charge >= 0.3 is 0 Å². The van der Waals surface area contributed by atoms with Gasteiger partial charge in [0.05, 0.1) is 18.4 Å². The first-order valence-electron chi connectivity index (χ1n) is 4.94.